The summed E-state index contributed by atoms with van der Waals surface area (Å²) in [6, 6.07) is -3.72. The van der Waals surface area contributed by atoms with Gasteiger partial charge < -0.3 is 10.8 Å². The number of hydrogen-bond donors (Lipinski definition) is 2. The van der Waals surface area contributed by atoms with Gasteiger partial charge in [-0.3, -0.25) is 0 Å². The van der Waals surface area contributed by atoms with Crippen molar-refractivity contribution in [3.63, 3.8) is 0 Å². The first kappa shape index (κ1) is 3.12. The molecule has 54 valence electrons. The van der Waals surface area contributed by atoms with Crippen LogP contribution in [0.1, 0.15) is 14.6 Å². The maximum atomic E-state index is 8.87. The average Bonchev–Trinajstić information content (AvgIpc) is 2.01. The van der Waals surface area contributed by atoms with E-state index in [4.69, 9.17) is 19.1 Å². The maximum absolute atomic E-state index is 8.87. The van der Waals surface area contributed by atoms with Crippen molar-refractivity contribution in [3.8, 4) is 0 Å². The van der Waals surface area contributed by atoms with E-state index in [-0.39, 0.29) is 13.5 Å². The van der Waals surface area contributed by atoms with Crippen molar-refractivity contribution in [2.75, 3.05) is 0 Å². The zero-order valence-corrected chi connectivity index (χ0v) is 5.73. The van der Waals surface area contributed by atoms with Gasteiger partial charge in [-0.2, -0.15) is 13.5 Å². The second-order valence-corrected chi connectivity index (χ2v) is 1.11. The molecule has 0 amide bonds. The fourth-order valence-corrected chi connectivity index (χ4v) is 0.139. The SMILES string of the molecule is S.[2H]C([2H])=C([2H])C([2H])([2H])[C@]([2H])(N)C(=C)O. The molecule has 0 unspecified atom stereocenters. The highest BCUT2D eigenvalue weighted by Crippen LogP contribution is 1.95. The lowest BCUT2D eigenvalue weighted by molar-refractivity contribution is 0.370. The van der Waals surface area contributed by atoms with Crippen molar-refractivity contribution in [2.45, 2.75) is 12.4 Å². The normalized spacial score (nSPS) is 25.4. The quantitative estimate of drug-likeness (QED) is 0.470. The first-order valence-electron chi connectivity index (χ1n) is 4.87. The molecule has 3 heteroatoms. The van der Waals surface area contributed by atoms with E-state index in [0.717, 1.165) is 0 Å². The first-order valence-corrected chi connectivity index (χ1v) is 1.87. The molecule has 0 bridgehead atoms. The molecule has 0 saturated carbocycles. The molecule has 0 aliphatic carbocycles. The molecule has 0 aromatic carbocycles. The fourth-order valence-electron chi connectivity index (χ4n) is 0.139. The highest BCUT2D eigenvalue weighted by Gasteiger charge is 1.99. The third kappa shape index (κ3) is 5.46. The van der Waals surface area contributed by atoms with Crippen LogP contribution in [-0.4, -0.2) is 11.1 Å². The number of hydrogen-bond acceptors (Lipinski definition) is 2. The molecule has 0 aromatic heterocycles. The maximum Gasteiger partial charge on any atom is 0.102 e. The van der Waals surface area contributed by atoms with Gasteiger partial charge in [-0.15, -0.1) is 6.53 Å². The van der Waals surface area contributed by atoms with Crippen molar-refractivity contribution in [3.05, 3.63) is 24.9 Å². The predicted octanol–water partition coefficient (Wildman–Crippen LogP) is 1.07. The van der Waals surface area contributed by atoms with Gasteiger partial charge in [-0.1, -0.05) is 12.6 Å². The molecule has 2 nitrogen and oxygen atoms in total. The zero-order valence-electron chi connectivity index (χ0n) is 10.7. The molecule has 0 aliphatic rings. The summed E-state index contributed by atoms with van der Waals surface area (Å²) in [6.07, 6.45) is -2.84. The molecule has 0 radical (unpaired) electrons. The zero-order chi connectivity index (χ0) is 11.7. The van der Waals surface area contributed by atoms with Gasteiger partial charge >= 0.3 is 0 Å². The summed E-state index contributed by atoms with van der Waals surface area (Å²) in [5.74, 6) is -0.964. The van der Waals surface area contributed by atoms with E-state index >= 15 is 0 Å². The van der Waals surface area contributed by atoms with Crippen molar-refractivity contribution in [1.29, 1.82) is 0 Å². The summed E-state index contributed by atoms with van der Waals surface area (Å²) in [7, 11) is 0. The minimum atomic E-state index is -2.84. The van der Waals surface area contributed by atoms with Crippen molar-refractivity contribution in [2.24, 2.45) is 5.73 Å². The highest BCUT2D eigenvalue weighted by molar-refractivity contribution is 7.59. The Morgan fingerprint density at radius 1 is 2.33 bits per heavy atom. The number of rotatable bonds is 3. The Kier molecular flexibility index (Phi) is 1.98. The van der Waals surface area contributed by atoms with Crippen LogP contribution in [0.25, 0.3) is 0 Å². The molecule has 1 atom stereocenters. The van der Waals surface area contributed by atoms with Gasteiger partial charge in [0.05, 0.1) is 11.5 Å². The summed E-state index contributed by atoms with van der Waals surface area (Å²) in [5, 5.41) is 8.87. The van der Waals surface area contributed by atoms with E-state index in [9.17, 15) is 0 Å². The van der Waals surface area contributed by atoms with Gasteiger partial charge in [0.1, 0.15) is 5.76 Å². The topological polar surface area (TPSA) is 46.2 Å². The van der Waals surface area contributed by atoms with Crippen LogP contribution in [0.5, 0.6) is 0 Å². The number of aliphatic hydroxyl groups is 1. The third-order valence-electron chi connectivity index (χ3n) is 0.508. The molecule has 0 aliphatic heterocycles. The van der Waals surface area contributed by atoms with Gasteiger partial charge in [0.15, 0.2) is 0 Å². The highest BCUT2D eigenvalue weighted by atomic mass is 32.1. The molecule has 0 saturated heterocycles. The van der Waals surface area contributed by atoms with Crippen LogP contribution in [0.15, 0.2) is 24.9 Å². The third-order valence-corrected chi connectivity index (χ3v) is 0.508. The lowest BCUT2D eigenvalue weighted by atomic mass is 10.2. The minimum absolute atomic E-state index is 0. The van der Waals surface area contributed by atoms with E-state index in [0.29, 0.717) is 0 Å². The van der Waals surface area contributed by atoms with Crippen LogP contribution >= 0.6 is 13.5 Å². The monoisotopic (exact) mass is 153 g/mol. The molecule has 9 heavy (non-hydrogen) atoms. The largest absolute Gasteiger partial charge is 0.511 e. The first-order chi connectivity index (χ1) is 6.05. The number of aliphatic hydroxyl groups excluding tert-OH is 1. The van der Waals surface area contributed by atoms with Crippen LogP contribution in [0.2, 0.25) is 0 Å². The lowest BCUT2D eigenvalue weighted by Crippen LogP contribution is -2.20. The van der Waals surface area contributed by atoms with E-state index in [2.05, 4.69) is 6.58 Å². The van der Waals surface area contributed by atoms with Crippen molar-refractivity contribution < 1.29 is 13.3 Å². The molecule has 0 spiro atoms. The van der Waals surface area contributed by atoms with Crippen LogP contribution in [0, 0.1) is 0 Å². The summed E-state index contributed by atoms with van der Waals surface area (Å²) in [4.78, 5) is 0. The minimum Gasteiger partial charge on any atom is -0.511 e. The average molecular weight is 153 g/mol. The molecule has 0 heterocycles. The van der Waals surface area contributed by atoms with E-state index in [1.165, 1.54) is 0 Å². The Bertz CT molecular complexity index is 285. The Morgan fingerprint density at radius 2 is 2.89 bits per heavy atom. The molecular formula is C6H13NOS. The lowest BCUT2D eigenvalue weighted by Gasteiger charge is -2.03. The molecule has 3 N–H and O–H groups in total. The second kappa shape index (κ2) is 5.72. The van der Waals surface area contributed by atoms with Gasteiger partial charge in [0, 0.05) is 2.74 Å². The van der Waals surface area contributed by atoms with Crippen molar-refractivity contribution in [1.82, 2.24) is 0 Å². The van der Waals surface area contributed by atoms with E-state index in [1.54, 1.807) is 0 Å². The molecule has 0 rings (SSSR count). The second-order valence-electron chi connectivity index (χ2n) is 1.11. The van der Waals surface area contributed by atoms with Gasteiger partial charge in [-0.25, -0.2) is 0 Å². The van der Waals surface area contributed by atoms with Crippen LogP contribution < -0.4 is 5.73 Å². The number of nitrogens with two attached hydrogens (primary N) is 1. The standard InChI is InChI=1S/C6H11NO.H2S/c1-3-4-6(7)5(2)8;/h3,6,8H,1-2,4,7H2;1H2/t6-;/m0./s1/i1D2,3D,4D2,6D;. The van der Waals surface area contributed by atoms with E-state index in [1.807, 2.05) is 0 Å². The summed E-state index contributed by atoms with van der Waals surface area (Å²) >= 11 is 0. The molecule has 0 fully saturated rings. The van der Waals surface area contributed by atoms with Crippen LogP contribution in [0.4, 0.5) is 0 Å². The van der Waals surface area contributed by atoms with Gasteiger partial charge in [-0.05, 0) is 6.37 Å². The van der Waals surface area contributed by atoms with Gasteiger partial charge in [0.25, 0.3) is 0 Å². The summed E-state index contributed by atoms with van der Waals surface area (Å²) < 4.78 is 42.2. The van der Waals surface area contributed by atoms with Crippen molar-refractivity contribution >= 4 is 13.5 Å². The smallest absolute Gasteiger partial charge is 0.102 e. The molecular weight excluding hydrogens is 134 g/mol. The van der Waals surface area contributed by atoms with Gasteiger partial charge in [0.2, 0.25) is 0 Å². The molecule has 0 aromatic rings. The Morgan fingerprint density at radius 3 is 3.22 bits per heavy atom. The van der Waals surface area contributed by atoms with Crippen LogP contribution in [0.3, 0.4) is 0 Å². The Hall–Kier alpha value is -0.410. The Balaban J connectivity index is 0. The van der Waals surface area contributed by atoms with E-state index < -0.39 is 30.7 Å². The summed E-state index contributed by atoms with van der Waals surface area (Å²) in [6.45, 7) is 1.81. The van der Waals surface area contributed by atoms with Crippen LogP contribution in [-0.2, 0) is 0 Å². The fraction of sp³-hybridized carbons (Fsp3) is 0.333. The Labute approximate surface area is 70.9 Å². The predicted molar refractivity (Wildman–Crippen MR) is 44.9 cm³/mol. The summed E-state index contributed by atoms with van der Waals surface area (Å²) in [5.41, 5.74) is 5.10.